The number of amides is 1. The van der Waals surface area contributed by atoms with Crippen molar-refractivity contribution in [1.82, 2.24) is 14.5 Å². The molecule has 6 heteroatoms. The van der Waals surface area contributed by atoms with Gasteiger partial charge in [-0.2, -0.15) is 0 Å². The van der Waals surface area contributed by atoms with Gasteiger partial charge in [-0.15, -0.1) is 0 Å². The molecule has 1 aromatic heterocycles. The second-order valence-corrected chi connectivity index (χ2v) is 7.64. The Balaban J connectivity index is 1.52. The summed E-state index contributed by atoms with van der Waals surface area (Å²) in [6, 6.07) is 4.49. The van der Waals surface area contributed by atoms with Crippen molar-refractivity contribution in [3.63, 3.8) is 0 Å². The number of methoxy groups -OCH3 is 1. The van der Waals surface area contributed by atoms with Crippen molar-refractivity contribution in [2.75, 3.05) is 20.2 Å². The topological polar surface area (TPSA) is 47.4 Å². The van der Waals surface area contributed by atoms with Gasteiger partial charge < -0.3 is 14.2 Å². The van der Waals surface area contributed by atoms with E-state index in [1.165, 1.54) is 32.4 Å². The van der Waals surface area contributed by atoms with Gasteiger partial charge in [0.1, 0.15) is 23.0 Å². The number of carbonyl (C=O) groups excluding carboxylic acids is 1. The number of benzene rings is 1. The van der Waals surface area contributed by atoms with Crippen LogP contribution in [0.2, 0.25) is 0 Å². The van der Waals surface area contributed by atoms with E-state index >= 15 is 0 Å². The maximum absolute atomic E-state index is 14.3. The van der Waals surface area contributed by atoms with E-state index in [4.69, 9.17) is 4.74 Å². The maximum atomic E-state index is 14.3. The normalized spacial score (nSPS) is 20.4. The predicted octanol–water partition coefficient (Wildman–Crippen LogP) is 3.85. The predicted molar refractivity (Wildman–Crippen MR) is 100 cm³/mol. The first-order valence-electron chi connectivity index (χ1n) is 9.80. The van der Waals surface area contributed by atoms with E-state index in [-0.39, 0.29) is 23.1 Å². The number of aromatic nitrogens is 2. The molecule has 2 fully saturated rings. The summed E-state index contributed by atoms with van der Waals surface area (Å²) in [7, 11) is 1.46. The molecule has 0 unspecified atom stereocenters. The Morgan fingerprint density at radius 1 is 1.30 bits per heavy atom. The molecule has 4 rings (SSSR count). The molecule has 0 radical (unpaired) electrons. The molecule has 1 aromatic carbocycles. The lowest BCUT2D eigenvalue weighted by Gasteiger charge is -2.34. The first-order valence-corrected chi connectivity index (χ1v) is 9.80. The molecule has 1 aliphatic carbocycles. The van der Waals surface area contributed by atoms with Gasteiger partial charge in [-0.3, -0.25) is 4.79 Å². The molecule has 27 heavy (non-hydrogen) atoms. The number of carbonyl (C=O) groups is 1. The van der Waals surface area contributed by atoms with Gasteiger partial charge in [0.15, 0.2) is 0 Å². The van der Waals surface area contributed by atoms with Gasteiger partial charge >= 0.3 is 0 Å². The number of imidazole rings is 1. The lowest BCUT2D eigenvalue weighted by atomic mass is 9.85. The standard InChI is InChI=1S/C21H26FN3O2/c1-27-18-9-3-8-17(22)19(18)21(26)25-11-4-7-16(14-25)20-23-10-12-24(20)13-15-5-2-6-15/h3,8-10,12,15-16H,2,4-7,11,13-14H2,1H3/t16-/m1/s1. The van der Waals surface area contributed by atoms with Crippen LogP contribution < -0.4 is 4.74 Å². The van der Waals surface area contributed by atoms with Gasteiger partial charge in [-0.05, 0) is 43.7 Å². The van der Waals surface area contributed by atoms with E-state index in [0.29, 0.717) is 13.1 Å². The first-order chi connectivity index (χ1) is 13.2. The number of hydrogen-bond donors (Lipinski definition) is 0. The van der Waals surface area contributed by atoms with Crippen LogP contribution in [0.25, 0.3) is 0 Å². The zero-order valence-electron chi connectivity index (χ0n) is 15.7. The van der Waals surface area contributed by atoms with Crippen molar-refractivity contribution in [2.45, 2.75) is 44.6 Å². The summed E-state index contributed by atoms with van der Waals surface area (Å²) < 4.78 is 21.8. The van der Waals surface area contributed by atoms with Crippen molar-refractivity contribution in [1.29, 1.82) is 0 Å². The van der Waals surface area contributed by atoms with Crippen LogP contribution in [-0.2, 0) is 6.54 Å². The smallest absolute Gasteiger partial charge is 0.260 e. The van der Waals surface area contributed by atoms with Crippen molar-refractivity contribution >= 4 is 5.91 Å². The molecule has 2 aromatic rings. The molecule has 0 spiro atoms. The Kier molecular flexibility index (Phi) is 5.14. The zero-order valence-corrected chi connectivity index (χ0v) is 15.7. The Bertz CT molecular complexity index is 816. The molecule has 2 heterocycles. The fraction of sp³-hybridized carbons (Fsp3) is 0.524. The molecule has 2 aliphatic rings. The molecule has 1 amide bonds. The third-order valence-electron chi connectivity index (χ3n) is 5.91. The molecular weight excluding hydrogens is 345 g/mol. The minimum Gasteiger partial charge on any atom is -0.496 e. The fourth-order valence-corrected chi connectivity index (χ4v) is 4.20. The zero-order chi connectivity index (χ0) is 18.8. The Labute approximate surface area is 159 Å². The van der Waals surface area contributed by atoms with Gasteiger partial charge in [0.25, 0.3) is 5.91 Å². The highest BCUT2D eigenvalue weighted by Gasteiger charge is 2.31. The summed E-state index contributed by atoms with van der Waals surface area (Å²) in [5.41, 5.74) is 0.0264. The second-order valence-electron chi connectivity index (χ2n) is 7.64. The van der Waals surface area contributed by atoms with Gasteiger partial charge in [-0.25, -0.2) is 9.37 Å². The Hall–Kier alpha value is -2.37. The lowest BCUT2D eigenvalue weighted by molar-refractivity contribution is 0.0694. The van der Waals surface area contributed by atoms with E-state index in [2.05, 4.69) is 9.55 Å². The Morgan fingerprint density at radius 3 is 2.89 bits per heavy atom. The maximum Gasteiger partial charge on any atom is 0.260 e. The number of nitrogens with zero attached hydrogens (tertiary/aromatic N) is 3. The van der Waals surface area contributed by atoms with Crippen LogP contribution in [0.1, 0.15) is 54.2 Å². The van der Waals surface area contributed by atoms with Gasteiger partial charge in [-0.1, -0.05) is 12.5 Å². The molecule has 0 bridgehead atoms. The highest BCUT2D eigenvalue weighted by molar-refractivity contribution is 5.97. The molecule has 144 valence electrons. The summed E-state index contributed by atoms with van der Waals surface area (Å²) >= 11 is 0. The van der Waals surface area contributed by atoms with E-state index in [1.807, 2.05) is 12.4 Å². The van der Waals surface area contributed by atoms with Crippen LogP contribution in [-0.4, -0.2) is 40.6 Å². The lowest BCUT2D eigenvalue weighted by Crippen LogP contribution is -2.40. The number of piperidine rings is 1. The molecule has 1 saturated carbocycles. The minimum absolute atomic E-state index is 0.0264. The number of hydrogen-bond acceptors (Lipinski definition) is 3. The number of likely N-dealkylation sites (tertiary alicyclic amines) is 1. The van der Waals surface area contributed by atoms with Gasteiger partial charge in [0, 0.05) is 37.9 Å². The number of ether oxygens (including phenoxy) is 1. The summed E-state index contributed by atoms with van der Waals surface area (Å²) in [5, 5.41) is 0. The summed E-state index contributed by atoms with van der Waals surface area (Å²) in [4.78, 5) is 19.4. The second kappa shape index (κ2) is 7.71. The molecule has 0 N–H and O–H groups in total. The van der Waals surface area contributed by atoms with Gasteiger partial charge in [0.05, 0.1) is 7.11 Å². The van der Waals surface area contributed by atoms with Crippen LogP contribution in [0.5, 0.6) is 5.75 Å². The highest BCUT2D eigenvalue weighted by Crippen LogP contribution is 2.32. The molecule has 1 aliphatic heterocycles. The average molecular weight is 371 g/mol. The van der Waals surface area contributed by atoms with Crippen molar-refractivity contribution in [3.8, 4) is 5.75 Å². The number of rotatable bonds is 5. The molecular formula is C21H26FN3O2. The summed E-state index contributed by atoms with van der Waals surface area (Å²) in [6.07, 6.45) is 9.71. The largest absolute Gasteiger partial charge is 0.496 e. The molecule has 1 saturated heterocycles. The van der Waals surface area contributed by atoms with Crippen molar-refractivity contribution < 1.29 is 13.9 Å². The first kappa shape index (κ1) is 18.0. The van der Waals surface area contributed by atoms with Crippen molar-refractivity contribution in [3.05, 3.63) is 47.8 Å². The van der Waals surface area contributed by atoms with E-state index in [0.717, 1.165) is 31.1 Å². The van der Waals surface area contributed by atoms with E-state index in [9.17, 15) is 9.18 Å². The van der Waals surface area contributed by atoms with Crippen molar-refractivity contribution in [2.24, 2.45) is 5.92 Å². The Morgan fingerprint density at radius 2 is 2.15 bits per heavy atom. The highest BCUT2D eigenvalue weighted by atomic mass is 19.1. The van der Waals surface area contributed by atoms with Crippen LogP contribution in [0, 0.1) is 11.7 Å². The van der Waals surface area contributed by atoms with E-state index in [1.54, 1.807) is 17.0 Å². The van der Waals surface area contributed by atoms with Crippen LogP contribution >= 0.6 is 0 Å². The SMILES string of the molecule is COc1cccc(F)c1C(=O)N1CCC[C@@H](c2nccn2CC2CCC2)C1. The molecule has 1 atom stereocenters. The third kappa shape index (κ3) is 3.57. The van der Waals surface area contributed by atoms with Crippen LogP contribution in [0.15, 0.2) is 30.6 Å². The van der Waals surface area contributed by atoms with Crippen LogP contribution in [0.3, 0.4) is 0 Å². The quantitative estimate of drug-likeness (QED) is 0.802. The fourth-order valence-electron chi connectivity index (χ4n) is 4.20. The third-order valence-corrected chi connectivity index (χ3v) is 5.91. The molecule has 5 nitrogen and oxygen atoms in total. The minimum atomic E-state index is -0.534. The van der Waals surface area contributed by atoms with Crippen LogP contribution in [0.4, 0.5) is 4.39 Å². The monoisotopic (exact) mass is 371 g/mol. The van der Waals surface area contributed by atoms with E-state index < -0.39 is 5.82 Å². The number of halogens is 1. The average Bonchev–Trinajstić information content (AvgIpc) is 3.12. The van der Waals surface area contributed by atoms with Gasteiger partial charge in [0.2, 0.25) is 0 Å². The summed E-state index contributed by atoms with van der Waals surface area (Å²) in [6.45, 7) is 2.22. The summed E-state index contributed by atoms with van der Waals surface area (Å²) in [5.74, 6) is 1.45.